The molecule has 1 aromatic carbocycles. The first kappa shape index (κ1) is 14.4. The Balaban J connectivity index is 1.81. The molecule has 1 saturated carbocycles. The minimum Gasteiger partial charge on any atom is -0.497 e. The van der Waals surface area contributed by atoms with Gasteiger partial charge in [-0.25, -0.2) is 0 Å². The predicted molar refractivity (Wildman–Crippen MR) is 80.2 cm³/mol. The normalized spacial score (nSPS) is 33.0. The van der Waals surface area contributed by atoms with Crippen LogP contribution in [0.4, 0.5) is 5.69 Å². The monoisotopic (exact) mass is 290 g/mol. The molecule has 5 nitrogen and oxygen atoms in total. The number of nitrogens with two attached hydrogens (primary N) is 1. The number of benzene rings is 1. The number of ether oxygens (including phenoxy) is 2. The Morgan fingerprint density at radius 3 is 2.95 bits per heavy atom. The van der Waals surface area contributed by atoms with E-state index in [4.69, 9.17) is 15.2 Å². The topological polar surface area (TPSA) is 73.6 Å². The summed E-state index contributed by atoms with van der Waals surface area (Å²) < 4.78 is 10.9. The van der Waals surface area contributed by atoms with Crippen LogP contribution in [0.2, 0.25) is 0 Å². The third kappa shape index (κ3) is 1.88. The Bertz CT molecular complexity index is 572. The minimum atomic E-state index is -0.892. The minimum absolute atomic E-state index is 0.0820. The standard InChI is InChI=1S/C16H22N2O3/c1-15(2)13-12(7-8-21-13)16(15,17)14(19)18-10-5-4-6-11(9-10)20-3/h4-6,9,12-13H,7-8,17H2,1-3H3,(H,18,19). The lowest BCUT2D eigenvalue weighted by molar-refractivity contribution is -0.170. The highest BCUT2D eigenvalue weighted by Gasteiger charge is 2.71. The Morgan fingerprint density at radius 2 is 2.24 bits per heavy atom. The molecule has 1 aliphatic heterocycles. The number of hydrogen-bond acceptors (Lipinski definition) is 4. The molecule has 1 saturated heterocycles. The summed E-state index contributed by atoms with van der Waals surface area (Å²) in [7, 11) is 1.60. The fourth-order valence-corrected chi connectivity index (χ4v) is 3.78. The van der Waals surface area contributed by atoms with Crippen molar-refractivity contribution in [1.82, 2.24) is 0 Å². The zero-order valence-corrected chi connectivity index (χ0v) is 12.7. The van der Waals surface area contributed by atoms with E-state index < -0.39 is 5.54 Å². The molecule has 1 aliphatic carbocycles. The van der Waals surface area contributed by atoms with Crippen LogP contribution in [0.25, 0.3) is 0 Å². The zero-order valence-electron chi connectivity index (χ0n) is 12.7. The average molecular weight is 290 g/mol. The maximum atomic E-state index is 12.7. The maximum Gasteiger partial charge on any atom is 0.245 e. The van der Waals surface area contributed by atoms with E-state index >= 15 is 0 Å². The van der Waals surface area contributed by atoms with E-state index in [1.807, 2.05) is 32.0 Å². The van der Waals surface area contributed by atoms with Gasteiger partial charge < -0.3 is 20.5 Å². The van der Waals surface area contributed by atoms with Gasteiger partial charge in [-0.3, -0.25) is 4.79 Å². The van der Waals surface area contributed by atoms with E-state index in [-0.39, 0.29) is 23.3 Å². The van der Waals surface area contributed by atoms with E-state index in [2.05, 4.69) is 5.32 Å². The van der Waals surface area contributed by atoms with Gasteiger partial charge in [-0.1, -0.05) is 19.9 Å². The van der Waals surface area contributed by atoms with Gasteiger partial charge in [-0.05, 0) is 18.6 Å². The number of methoxy groups -OCH3 is 1. The molecule has 1 heterocycles. The van der Waals surface area contributed by atoms with Crippen LogP contribution >= 0.6 is 0 Å². The van der Waals surface area contributed by atoms with Crippen molar-refractivity contribution in [2.24, 2.45) is 17.1 Å². The van der Waals surface area contributed by atoms with Crippen molar-refractivity contribution in [3.63, 3.8) is 0 Å². The SMILES string of the molecule is COc1cccc(NC(=O)C2(N)C3CCOC3C2(C)C)c1. The van der Waals surface area contributed by atoms with Gasteiger partial charge in [-0.2, -0.15) is 0 Å². The summed E-state index contributed by atoms with van der Waals surface area (Å²) >= 11 is 0. The van der Waals surface area contributed by atoms with Gasteiger partial charge in [-0.15, -0.1) is 0 Å². The molecule has 3 N–H and O–H groups in total. The van der Waals surface area contributed by atoms with Gasteiger partial charge >= 0.3 is 0 Å². The van der Waals surface area contributed by atoms with Gasteiger partial charge in [0.05, 0.1) is 13.2 Å². The summed E-state index contributed by atoms with van der Waals surface area (Å²) in [5, 5.41) is 2.93. The third-order valence-electron chi connectivity index (χ3n) is 5.16. The fourth-order valence-electron chi connectivity index (χ4n) is 3.78. The fraction of sp³-hybridized carbons (Fsp3) is 0.562. The number of carbonyl (C=O) groups excluding carboxylic acids is 1. The first-order valence-electron chi connectivity index (χ1n) is 7.27. The average Bonchev–Trinajstić information content (AvgIpc) is 2.94. The molecular weight excluding hydrogens is 268 g/mol. The number of hydrogen-bond donors (Lipinski definition) is 2. The van der Waals surface area contributed by atoms with Crippen molar-refractivity contribution in [2.75, 3.05) is 19.0 Å². The second kappa shape index (κ2) is 4.71. The smallest absolute Gasteiger partial charge is 0.245 e. The number of amides is 1. The van der Waals surface area contributed by atoms with Crippen molar-refractivity contribution in [3.05, 3.63) is 24.3 Å². The molecule has 0 spiro atoms. The lowest BCUT2D eigenvalue weighted by Gasteiger charge is -2.60. The molecular formula is C16H22N2O3. The summed E-state index contributed by atoms with van der Waals surface area (Å²) in [5.74, 6) is 0.652. The Morgan fingerprint density at radius 1 is 1.48 bits per heavy atom. The van der Waals surface area contributed by atoms with Crippen molar-refractivity contribution in [1.29, 1.82) is 0 Å². The van der Waals surface area contributed by atoms with E-state index in [0.29, 0.717) is 18.0 Å². The highest BCUT2D eigenvalue weighted by Crippen LogP contribution is 2.58. The zero-order chi connectivity index (χ0) is 15.3. The summed E-state index contributed by atoms with van der Waals surface area (Å²) in [6.07, 6.45) is 0.925. The van der Waals surface area contributed by atoms with Crippen LogP contribution in [0.5, 0.6) is 5.75 Å². The summed E-state index contributed by atoms with van der Waals surface area (Å²) in [6.45, 7) is 4.69. The molecule has 3 rings (SSSR count). The van der Waals surface area contributed by atoms with Gasteiger partial charge in [0.25, 0.3) is 0 Å². The first-order chi connectivity index (χ1) is 9.91. The number of nitrogens with one attached hydrogen (secondary N) is 1. The van der Waals surface area contributed by atoms with Crippen LogP contribution in [0.1, 0.15) is 20.3 Å². The highest BCUT2D eigenvalue weighted by atomic mass is 16.5. The molecule has 21 heavy (non-hydrogen) atoms. The molecule has 3 unspecified atom stereocenters. The second-order valence-corrected chi connectivity index (χ2v) is 6.46. The number of carbonyl (C=O) groups is 1. The third-order valence-corrected chi connectivity index (χ3v) is 5.16. The first-order valence-corrected chi connectivity index (χ1v) is 7.27. The van der Waals surface area contributed by atoms with Gasteiger partial charge in [0.15, 0.2) is 0 Å². The molecule has 5 heteroatoms. The van der Waals surface area contributed by atoms with E-state index in [9.17, 15) is 4.79 Å². The maximum absolute atomic E-state index is 12.7. The van der Waals surface area contributed by atoms with Crippen LogP contribution in [0.15, 0.2) is 24.3 Å². The summed E-state index contributed by atoms with van der Waals surface area (Å²) in [6, 6.07) is 7.29. The van der Waals surface area contributed by atoms with Gasteiger partial charge in [0, 0.05) is 29.7 Å². The molecule has 3 atom stereocenters. The van der Waals surface area contributed by atoms with Crippen LogP contribution in [-0.4, -0.2) is 31.3 Å². The van der Waals surface area contributed by atoms with Crippen molar-refractivity contribution in [3.8, 4) is 5.75 Å². The molecule has 114 valence electrons. The Kier molecular flexibility index (Phi) is 3.22. The van der Waals surface area contributed by atoms with E-state index in [0.717, 1.165) is 6.42 Å². The lowest BCUT2D eigenvalue weighted by Crippen LogP contribution is -2.79. The van der Waals surface area contributed by atoms with Crippen LogP contribution in [0, 0.1) is 11.3 Å². The highest BCUT2D eigenvalue weighted by molar-refractivity contribution is 6.00. The van der Waals surface area contributed by atoms with Gasteiger partial charge in [0.1, 0.15) is 11.3 Å². The van der Waals surface area contributed by atoms with Crippen LogP contribution < -0.4 is 15.8 Å². The molecule has 2 aliphatic rings. The Labute approximate surface area is 124 Å². The summed E-state index contributed by atoms with van der Waals surface area (Å²) in [4.78, 5) is 12.7. The molecule has 0 aromatic heterocycles. The molecule has 1 aromatic rings. The number of rotatable bonds is 3. The Hall–Kier alpha value is -1.59. The predicted octanol–water partition coefficient (Wildman–Crippen LogP) is 1.78. The largest absolute Gasteiger partial charge is 0.497 e. The number of anilines is 1. The van der Waals surface area contributed by atoms with Crippen LogP contribution in [0.3, 0.4) is 0 Å². The quantitative estimate of drug-likeness (QED) is 0.890. The van der Waals surface area contributed by atoms with Crippen molar-refractivity contribution in [2.45, 2.75) is 31.9 Å². The molecule has 0 radical (unpaired) electrons. The van der Waals surface area contributed by atoms with Crippen molar-refractivity contribution >= 4 is 11.6 Å². The van der Waals surface area contributed by atoms with E-state index in [1.165, 1.54) is 0 Å². The summed E-state index contributed by atoms with van der Waals surface area (Å²) in [5.41, 5.74) is 5.95. The second-order valence-electron chi connectivity index (χ2n) is 6.46. The van der Waals surface area contributed by atoms with E-state index in [1.54, 1.807) is 13.2 Å². The van der Waals surface area contributed by atoms with Crippen molar-refractivity contribution < 1.29 is 14.3 Å². The van der Waals surface area contributed by atoms with Gasteiger partial charge in [0.2, 0.25) is 5.91 Å². The molecule has 2 fully saturated rings. The lowest BCUT2D eigenvalue weighted by atomic mass is 9.48. The molecule has 1 amide bonds. The molecule has 0 bridgehead atoms. The number of fused-ring (bicyclic) bond motifs is 1. The van der Waals surface area contributed by atoms with Crippen LogP contribution in [-0.2, 0) is 9.53 Å².